The van der Waals surface area contributed by atoms with Crippen LogP contribution >= 0.6 is 24.0 Å². The third kappa shape index (κ3) is 6.00. The Morgan fingerprint density at radius 3 is 2.29 bits per heavy atom. The smallest absolute Gasteiger partial charge is 0.239 e. The Kier molecular flexibility index (Phi) is 6.31. The largest absolute Gasteiger partial charge is 0.356 e. The van der Waals surface area contributed by atoms with Crippen LogP contribution < -0.4 is 16.0 Å². The second-order valence-electron chi connectivity index (χ2n) is 7.21. The molecule has 122 valence electrons. The van der Waals surface area contributed by atoms with Crippen molar-refractivity contribution in [2.75, 3.05) is 20.1 Å². The third-order valence-corrected chi connectivity index (χ3v) is 4.10. The number of nitrogens with one attached hydrogen (secondary N) is 3. The average molecular weight is 408 g/mol. The van der Waals surface area contributed by atoms with Crippen molar-refractivity contribution in [3.63, 3.8) is 0 Å². The van der Waals surface area contributed by atoms with Crippen LogP contribution in [-0.2, 0) is 4.79 Å². The van der Waals surface area contributed by atoms with Crippen LogP contribution in [0.4, 0.5) is 0 Å². The van der Waals surface area contributed by atoms with Gasteiger partial charge in [0.25, 0.3) is 0 Å². The summed E-state index contributed by atoms with van der Waals surface area (Å²) in [5, 5.41) is 9.38. The molecule has 0 unspecified atom stereocenters. The van der Waals surface area contributed by atoms with Gasteiger partial charge in [-0.05, 0) is 57.8 Å². The number of carbonyl (C=O) groups is 1. The van der Waals surface area contributed by atoms with Gasteiger partial charge in [0.1, 0.15) is 0 Å². The van der Waals surface area contributed by atoms with Crippen molar-refractivity contribution in [3.8, 4) is 0 Å². The molecule has 0 aliphatic heterocycles. The number of hydrogen-bond donors (Lipinski definition) is 3. The lowest BCUT2D eigenvalue weighted by molar-refractivity contribution is -0.121. The van der Waals surface area contributed by atoms with Crippen molar-refractivity contribution in [3.05, 3.63) is 0 Å². The third-order valence-electron chi connectivity index (χ3n) is 4.10. The van der Waals surface area contributed by atoms with Crippen LogP contribution in [0.5, 0.6) is 0 Å². The summed E-state index contributed by atoms with van der Waals surface area (Å²) in [5.74, 6) is 1.64. The van der Waals surface area contributed by atoms with Gasteiger partial charge in [-0.3, -0.25) is 9.79 Å². The van der Waals surface area contributed by atoms with Crippen LogP contribution in [0.3, 0.4) is 0 Å². The Morgan fingerprint density at radius 2 is 1.86 bits per heavy atom. The normalized spacial score (nSPS) is 20.3. The number of carbonyl (C=O) groups excluding carboxylic acids is 1. The Morgan fingerprint density at radius 1 is 1.24 bits per heavy atom. The standard InChI is InChI=1S/C15H28N4O.HI/c1-14(2,3)19-12(20)9-17-13(16-4)18-10-15(7-8-15)11-5-6-11;/h11H,5-10H2,1-4H3,(H,19,20)(H2,16,17,18);1H. The molecular formula is C15H29IN4O. The number of aliphatic imine (C=N–C) groups is 1. The first-order valence-corrected chi connectivity index (χ1v) is 7.60. The average Bonchev–Trinajstić information content (AvgIpc) is 3.20. The highest BCUT2D eigenvalue weighted by molar-refractivity contribution is 14.0. The van der Waals surface area contributed by atoms with E-state index < -0.39 is 0 Å². The van der Waals surface area contributed by atoms with E-state index in [4.69, 9.17) is 0 Å². The molecule has 3 N–H and O–H groups in total. The van der Waals surface area contributed by atoms with Gasteiger partial charge in [0.15, 0.2) is 5.96 Å². The van der Waals surface area contributed by atoms with E-state index in [2.05, 4.69) is 20.9 Å². The highest BCUT2D eigenvalue weighted by Gasteiger charge is 2.53. The lowest BCUT2D eigenvalue weighted by Gasteiger charge is -2.21. The first-order valence-electron chi connectivity index (χ1n) is 7.60. The Bertz CT molecular complexity index is 395. The van der Waals surface area contributed by atoms with Gasteiger partial charge in [0.2, 0.25) is 5.91 Å². The predicted molar refractivity (Wildman–Crippen MR) is 97.1 cm³/mol. The van der Waals surface area contributed by atoms with Crippen LogP contribution in [0, 0.1) is 11.3 Å². The van der Waals surface area contributed by atoms with Gasteiger partial charge >= 0.3 is 0 Å². The van der Waals surface area contributed by atoms with Gasteiger partial charge in [-0.1, -0.05) is 0 Å². The molecule has 1 amide bonds. The molecule has 6 heteroatoms. The minimum absolute atomic E-state index is 0. The van der Waals surface area contributed by atoms with E-state index in [-0.39, 0.29) is 42.0 Å². The van der Waals surface area contributed by atoms with Crippen molar-refractivity contribution >= 4 is 35.8 Å². The van der Waals surface area contributed by atoms with E-state index in [1.165, 1.54) is 25.7 Å². The Labute approximate surface area is 145 Å². The molecule has 0 bridgehead atoms. The highest BCUT2D eigenvalue weighted by Crippen LogP contribution is 2.60. The number of amides is 1. The maximum atomic E-state index is 11.8. The maximum Gasteiger partial charge on any atom is 0.239 e. The lowest BCUT2D eigenvalue weighted by Crippen LogP contribution is -2.48. The summed E-state index contributed by atoms with van der Waals surface area (Å²) in [6, 6.07) is 0. The van der Waals surface area contributed by atoms with Gasteiger partial charge < -0.3 is 16.0 Å². The van der Waals surface area contributed by atoms with Gasteiger partial charge in [-0.15, -0.1) is 24.0 Å². The molecule has 2 fully saturated rings. The second-order valence-corrected chi connectivity index (χ2v) is 7.21. The molecule has 0 aromatic rings. The maximum absolute atomic E-state index is 11.8. The van der Waals surface area contributed by atoms with Crippen molar-refractivity contribution in [1.82, 2.24) is 16.0 Å². The van der Waals surface area contributed by atoms with Gasteiger partial charge in [0.05, 0.1) is 6.54 Å². The molecule has 0 radical (unpaired) electrons. The minimum atomic E-state index is -0.195. The fraction of sp³-hybridized carbons (Fsp3) is 0.867. The number of guanidine groups is 1. The summed E-state index contributed by atoms with van der Waals surface area (Å²) in [6.07, 6.45) is 5.46. The molecule has 5 nitrogen and oxygen atoms in total. The quantitative estimate of drug-likeness (QED) is 0.370. The topological polar surface area (TPSA) is 65.5 Å². The monoisotopic (exact) mass is 408 g/mol. The molecule has 2 rings (SSSR count). The SMILES string of the molecule is CN=C(NCC(=O)NC(C)(C)C)NCC1(C2CC2)CC1.I. The summed E-state index contributed by atoms with van der Waals surface area (Å²) in [4.78, 5) is 15.9. The fourth-order valence-corrected chi connectivity index (χ4v) is 2.69. The van der Waals surface area contributed by atoms with Crippen LogP contribution in [0.25, 0.3) is 0 Å². The van der Waals surface area contributed by atoms with Gasteiger partial charge in [-0.25, -0.2) is 0 Å². The molecule has 2 aliphatic rings. The van der Waals surface area contributed by atoms with Crippen LogP contribution in [0.1, 0.15) is 46.5 Å². The molecule has 0 saturated heterocycles. The lowest BCUT2D eigenvalue weighted by atomic mass is 10.0. The Hall–Kier alpha value is -0.530. The molecule has 0 heterocycles. The highest BCUT2D eigenvalue weighted by atomic mass is 127. The van der Waals surface area contributed by atoms with Crippen molar-refractivity contribution in [2.24, 2.45) is 16.3 Å². The molecule has 0 aromatic heterocycles. The fourth-order valence-electron chi connectivity index (χ4n) is 2.69. The molecule has 2 aliphatic carbocycles. The summed E-state index contributed by atoms with van der Waals surface area (Å²) in [7, 11) is 1.74. The van der Waals surface area contributed by atoms with E-state index in [0.29, 0.717) is 5.41 Å². The summed E-state index contributed by atoms with van der Waals surface area (Å²) < 4.78 is 0. The molecule has 2 saturated carbocycles. The van der Waals surface area contributed by atoms with Crippen molar-refractivity contribution < 1.29 is 4.79 Å². The van der Waals surface area contributed by atoms with E-state index in [1.807, 2.05) is 20.8 Å². The van der Waals surface area contributed by atoms with E-state index in [1.54, 1.807) is 7.05 Å². The Balaban J connectivity index is 0.00000220. The number of rotatable bonds is 5. The summed E-state index contributed by atoms with van der Waals surface area (Å²) >= 11 is 0. The summed E-state index contributed by atoms with van der Waals surface area (Å²) in [6.45, 7) is 7.17. The molecular weight excluding hydrogens is 379 g/mol. The van der Waals surface area contributed by atoms with Crippen LogP contribution in [0.15, 0.2) is 4.99 Å². The van der Waals surface area contributed by atoms with Crippen LogP contribution in [-0.4, -0.2) is 37.5 Å². The van der Waals surface area contributed by atoms with Crippen LogP contribution in [0.2, 0.25) is 0 Å². The zero-order valence-electron chi connectivity index (χ0n) is 13.6. The molecule has 21 heavy (non-hydrogen) atoms. The summed E-state index contributed by atoms with van der Waals surface area (Å²) in [5.41, 5.74) is 0.338. The molecule has 0 atom stereocenters. The number of hydrogen-bond acceptors (Lipinski definition) is 2. The number of halogens is 1. The zero-order chi connectivity index (χ0) is 14.8. The molecule has 0 spiro atoms. The van der Waals surface area contributed by atoms with E-state index in [0.717, 1.165) is 18.4 Å². The van der Waals surface area contributed by atoms with Crippen molar-refractivity contribution in [2.45, 2.75) is 52.0 Å². The minimum Gasteiger partial charge on any atom is -0.356 e. The molecule has 0 aromatic carbocycles. The van der Waals surface area contributed by atoms with E-state index >= 15 is 0 Å². The second kappa shape index (κ2) is 7.15. The van der Waals surface area contributed by atoms with E-state index in [9.17, 15) is 4.79 Å². The first kappa shape index (κ1) is 18.5. The van der Waals surface area contributed by atoms with Crippen molar-refractivity contribution in [1.29, 1.82) is 0 Å². The number of nitrogens with zero attached hydrogens (tertiary/aromatic N) is 1. The predicted octanol–water partition coefficient (Wildman–Crippen LogP) is 1.87. The van der Waals surface area contributed by atoms with Gasteiger partial charge in [-0.2, -0.15) is 0 Å². The van der Waals surface area contributed by atoms with Gasteiger partial charge in [0, 0.05) is 19.1 Å². The first-order chi connectivity index (χ1) is 9.35. The zero-order valence-corrected chi connectivity index (χ0v) is 15.9.